The van der Waals surface area contributed by atoms with Gasteiger partial charge in [0.25, 0.3) is 0 Å². The third-order valence-corrected chi connectivity index (χ3v) is 4.67. The van der Waals surface area contributed by atoms with Gasteiger partial charge in [0.05, 0.1) is 10.0 Å². The van der Waals surface area contributed by atoms with Crippen molar-refractivity contribution >= 4 is 46.4 Å². The van der Waals surface area contributed by atoms with E-state index in [-0.39, 0.29) is 0 Å². The van der Waals surface area contributed by atoms with Gasteiger partial charge in [-0.2, -0.15) is 0 Å². The van der Waals surface area contributed by atoms with Crippen LogP contribution in [-0.2, 0) is 6.54 Å². The van der Waals surface area contributed by atoms with Gasteiger partial charge in [0.2, 0.25) is 0 Å². The zero-order chi connectivity index (χ0) is 15.0. The lowest BCUT2D eigenvalue weighted by Gasteiger charge is -2.11. The highest BCUT2D eigenvalue weighted by molar-refractivity contribution is 6.42. The number of benzene rings is 2. The molecule has 0 saturated heterocycles. The van der Waals surface area contributed by atoms with Crippen LogP contribution in [0, 0.1) is 0 Å². The van der Waals surface area contributed by atoms with Gasteiger partial charge >= 0.3 is 0 Å². The summed E-state index contributed by atoms with van der Waals surface area (Å²) in [7, 11) is 0. The molecule has 1 N–H and O–H groups in total. The Morgan fingerprint density at radius 1 is 0.905 bits per heavy atom. The molecule has 1 aliphatic carbocycles. The summed E-state index contributed by atoms with van der Waals surface area (Å²) in [6.45, 7) is 0.784. The molecule has 0 aliphatic heterocycles. The van der Waals surface area contributed by atoms with Crippen molar-refractivity contribution in [2.75, 3.05) is 0 Å². The van der Waals surface area contributed by atoms with Crippen LogP contribution in [0.3, 0.4) is 0 Å². The van der Waals surface area contributed by atoms with Crippen LogP contribution < -0.4 is 5.32 Å². The number of hydrogen-bond acceptors (Lipinski definition) is 1. The summed E-state index contributed by atoms with van der Waals surface area (Å²) >= 11 is 24.8. The quantitative estimate of drug-likeness (QED) is 0.682. The molecule has 2 aromatic rings. The van der Waals surface area contributed by atoms with Crippen LogP contribution in [0.2, 0.25) is 20.1 Å². The second-order valence-electron chi connectivity index (χ2n) is 5.21. The van der Waals surface area contributed by atoms with E-state index in [1.807, 2.05) is 18.2 Å². The Kier molecular flexibility index (Phi) is 4.68. The minimum atomic E-state index is 0.519. The fourth-order valence-electron chi connectivity index (χ4n) is 2.21. The summed E-state index contributed by atoms with van der Waals surface area (Å²) in [4.78, 5) is 0. The molecule has 2 aromatic carbocycles. The van der Waals surface area contributed by atoms with Gasteiger partial charge in [-0.3, -0.25) is 0 Å². The molecular weight excluding hydrogens is 348 g/mol. The Hall–Kier alpha value is -0.440. The molecule has 1 aliphatic rings. The molecule has 1 nitrogen and oxygen atoms in total. The molecular formula is C16H13Cl4N. The predicted octanol–water partition coefficient (Wildman–Crippen LogP) is 6.22. The molecule has 5 heteroatoms. The summed E-state index contributed by atoms with van der Waals surface area (Å²) in [5.74, 6) is 0. The maximum absolute atomic E-state index is 6.37. The van der Waals surface area contributed by atoms with E-state index in [4.69, 9.17) is 46.4 Å². The molecule has 0 unspecified atom stereocenters. The van der Waals surface area contributed by atoms with E-state index in [1.54, 1.807) is 12.1 Å². The van der Waals surface area contributed by atoms with Crippen molar-refractivity contribution in [2.45, 2.75) is 25.4 Å². The highest BCUT2D eigenvalue weighted by Crippen LogP contribution is 2.38. The van der Waals surface area contributed by atoms with E-state index in [9.17, 15) is 0 Å². The highest BCUT2D eigenvalue weighted by atomic mass is 35.5. The number of hydrogen-bond donors (Lipinski definition) is 1. The monoisotopic (exact) mass is 359 g/mol. The van der Waals surface area contributed by atoms with Gasteiger partial charge in [-0.15, -0.1) is 0 Å². The summed E-state index contributed by atoms with van der Waals surface area (Å²) in [5.41, 5.74) is 2.72. The largest absolute Gasteiger partial charge is 0.310 e. The first-order chi connectivity index (χ1) is 10.0. The fraction of sp³-hybridized carbons (Fsp3) is 0.250. The Labute approximate surface area is 144 Å². The van der Waals surface area contributed by atoms with E-state index in [1.165, 1.54) is 12.8 Å². The van der Waals surface area contributed by atoms with Gasteiger partial charge in [0.15, 0.2) is 0 Å². The molecule has 0 aromatic heterocycles. The van der Waals surface area contributed by atoms with Gasteiger partial charge in [0.1, 0.15) is 0 Å². The third kappa shape index (κ3) is 3.67. The topological polar surface area (TPSA) is 12.0 Å². The highest BCUT2D eigenvalue weighted by Gasteiger charge is 2.20. The molecule has 0 atom stereocenters. The maximum atomic E-state index is 6.37. The van der Waals surface area contributed by atoms with Gasteiger partial charge < -0.3 is 5.32 Å². The van der Waals surface area contributed by atoms with Gasteiger partial charge in [0, 0.05) is 28.2 Å². The average molecular weight is 361 g/mol. The van der Waals surface area contributed by atoms with Crippen molar-refractivity contribution in [3.8, 4) is 11.1 Å². The second-order valence-corrected chi connectivity index (χ2v) is 6.86. The number of rotatable bonds is 4. The van der Waals surface area contributed by atoms with Crippen molar-refractivity contribution in [3.63, 3.8) is 0 Å². The average Bonchev–Trinajstić information content (AvgIpc) is 3.20. The Morgan fingerprint density at radius 2 is 1.57 bits per heavy atom. The predicted molar refractivity (Wildman–Crippen MR) is 91.8 cm³/mol. The van der Waals surface area contributed by atoms with E-state index in [0.717, 1.165) is 23.2 Å². The van der Waals surface area contributed by atoms with Crippen LogP contribution in [0.5, 0.6) is 0 Å². The second kappa shape index (κ2) is 6.36. The zero-order valence-electron chi connectivity index (χ0n) is 11.1. The van der Waals surface area contributed by atoms with E-state index in [2.05, 4.69) is 5.32 Å². The SMILES string of the molecule is Clc1cc(Cl)c(-c2ccc(CNC3CC3)c(Cl)c2)c(Cl)c1. The lowest BCUT2D eigenvalue weighted by atomic mass is 10.0. The molecule has 1 fully saturated rings. The van der Waals surface area contributed by atoms with Crippen molar-refractivity contribution in [3.05, 3.63) is 56.0 Å². The standard InChI is InChI=1S/C16H13Cl4N/c17-11-6-14(19)16(15(20)7-11)9-1-2-10(13(18)5-9)8-21-12-3-4-12/h1-2,5-7,12,21H,3-4,8H2. The smallest absolute Gasteiger partial charge is 0.0514 e. The van der Waals surface area contributed by atoms with Crippen LogP contribution >= 0.6 is 46.4 Å². The summed E-state index contributed by atoms with van der Waals surface area (Å²) < 4.78 is 0. The van der Waals surface area contributed by atoms with Crippen molar-refractivity contribution in [1.29, 1.82) is 0 Å². The molecule has 0 radical (unpaired) electrons. The van der Waals surface area contributed by atoms with Crippen LogP contribution in [0.15, 0.2) is 30.3 Å². The molecule has 3 rings (SSSR count). The first-order valence-electron chi connectivity index (χ1n) is 6.71. The maximum Gasteiger partial charge on any atom is 0.0514 e. The number of halogens is 4. The zero-order valence-corrected chi connectivity index (χ0v) is 14.1. The molecule has 0 bridgehead atoms. The third-order valence-electron chi connectivity index (χ3n) is 3.51. The van der Waals surface area contributed by atoms with Crippen LogP contribution in [-0.4, -0.2) is 6.04 Å². The van der Waals surface area contributed by atoms with Crippen LogP contribution in [0.1, 0.15) is 18.4 Å². The fourth-order valence-corrected chi connectivity index (χ4v) is 3.49. The van der Waals surface area contributed by atoms with Crippen molar-refractivity contribution < 1.29 is 0 Å². The Morgan fingerprint density at radius 3 is 2.14 bits per heavy atom. The first kappa shape index (κ1) is 15.5. The lowest BCUT2D eigenvalue weighted by Crippen LogP contribution is -2.15. The molecule has 21 heavy (non-hydrogen) atoms. The van der Waals surface area contributed by atoms with Crippen molar-refractivity contribution in [1.82, 2.24) is 5.32 Å². The Bertz CT molecular complexity index is 657. The minimum Gasteiger partial charge on any atom is -0.310 e. The normalized spacial score (nSPS) is 14.5. The van der Waals surface area contributed by atoms with Crippen molar-refractivity contribution in [2.24, 2.45) is 0 Å². The molecule has 0 heterocycles. The van der Waals surface area contributed by atoms with Crippen LogP contribution in [0.25, 0.3) is 11.1 Å². The molecule has 0 spiro atoms. The lowest BCUT2D eigenvalue weighted by molar-refractivity contribution is 0.688. The molecule has 0 amide bonds. The Balaban J connectivity index is 1.90. The summed E-state index contributed by atoms with van der Waals surface area (Å²) in [5, 5.41) is 5.72. The minimum absolute atomic E-state index is 0.519. The summed E-state index contributed by atoms with van der Waals surface area (Å²) in [6.07, 6.45) is 2.51. The summed E-state index contributed by atoms with van der Waals surface area (Å²) in [6, 6.07) is 9.90. The first-order valence-corrected chi connectivity index (χ1v) is 8.22. The van der Waals surface area contributed by atoms with Crippen LogP contribution in [0.4, 0.5) is 0 Å². The van der Waals surface area contributed by atoms with E-state index in [0.29, 0.717) is 26.1 Å². The van der Waals surface area contributed by atoms with E-state index < -0.39 is 0 Å². The van der Waals surface area contributed by atoms with E-state index >= 15 is 0 Å². The number of nitrogens with one attached hydrogen (secondary N) is 1. The van der Waals surface area contributed by atoms with Gasteiger partial charge in [-0.1, -0.05) is 58.5 Å². The molecule has 110 valence electrons. The van der Waals surface area contributed by atoms with Gasteiger partial charge in [-0.25, -0.2) is 0 Å². The molecule has 1 saturated carbocycles. The van der Waals surface area contributed by atoms with Gasteiger partial charge in [-0.05, 0) is 42.2 Å².